The minimum Gasteiger partial charge on any atom is -0.476 e. The highest BCUT2D eigenvalue weighted by molar-refractivity contribution is 6.02. The van der Waals surface area contributed by atoms with Crippen molar-refractivity contribution in [1.82, 2.24) is 10.2 Å². The molecule has 0 saturated heterocycles. The number of aromatic carboxylic acids is 1. The lowest BCUT2D eigenvalue weighted by molar-refractivity contribution is 0.0690. The van der Waals surface area contributed by atoms with E-state index in [2.05, 4.69) is 16.1 Å². The molecule has 106 valence electrons. The molecule has 1 aliphatic carbocycles. The fourth-order valence-corrected chi connectivity index (χ4v) is 2.46. The highest BCUT2D eigenvalue weighted by Crippen LogP contribution is 2.34. The topological polar surface area (TPSA) is 66.3 Å². The molecule has 0 radical (unpaired) electrons. The molecular formula is C16H15N3O2. The molecule has 1 aliphatic rings. The third-order valence-electron chi connectivity index (χ3n) is 3.62. The van der Waals surface area contributed by atoms with Gasteiger partial charge in [-0.3, -0.25) is 0 Å². The molecule has 1 N–H and O–H groups in total. The molecule has 1 heterocycles. The van der Waals surface area contributed by atoms with Gasteiger partial charge in [-0.25, -0.2) is 4.79 Å². The summed E-state index contributed by atoms with van der Waals surface area (Å²) in [6, 6.07) is 7.41. The van der Waals surface area contributed by atoms with E-state index >= 15 is 0 Å². The lowest BCUT2D eigenvalue weighted by Crippen LogP contribution is -2.29. The van der Waals surface area contributed by atoms with E-state index in [1.54, 1.807) is 0 Å². The molecule has 3 rings (SSSR count). The predicted octanol–water partition coefficient (Wildman–Crippen LogP) is 2.18. The maximum atomic E-state index is 11.5. The Bertz CT molecular complexity index is 732. The van der Waals surface area contributed by atoms with E-state index in [0.717, 1.165) is 11.9 Å². The maximum absolute atomic E-state index is 11.5. The number of hydrogen-bond acceptors (Lipinski definition) is 4. The summed E-state index contributed by atoms with van der Waals surface area (Å²) in [5.74, 6) is 2.12. The molecule has 2 aromatic rings. The fraction of sp³-hybridized carbons (Fsp3) is 0.312. The summed E-state index contributed by atoms with van der Waals surface area (Å²) in [4.78, 5) is 13.4. The number of carboxylic acid groups (broad SMARTS) is 1. The number of aromatic nitrogens is 2. The van der Waals surface area contributed by atoms with Crippen LogP contribution in [-0.4, -0.2) is 34.4 Å². The molecule has 5 nitrogen and oxygen atoms in total. The summed E-state index contributed by atoms with van der Waals surface area (Å²) in [6.45, 7) is 1.13. The van der Waals surface area contributed by atoms with Crippen LogP contribution < -0.4 is 4.90 Å². The van der Waals surface area contributed by atoms with Gasteiger partial charge < -0.3 is 10.0 Å². The van der Waals surface area contributed by atoms with Crippen molar-refractivity contribution in [1.29, 1.82) is 0 Å². The monoisotopic (exact) mass is 281 g/mol. The second kappa shape index (κ2) is 5.41. The Hall–Kier alpha value is -2.61. The molecule has 1 aromatic heterocycles. The van der Waals surface area contributed by atoms with Crippen LogP contribution in [-0.2, 0) is 0 Å². The zero-order valence-corrected chi connectivity index (χ0v) is 11.5. The van der Waals surface area contributed by atoms with Crippen LogP contribution in [0.5, 0.6) is 0 Å². The third-order valence-corrected chi connectivity index (χ3v) is 3.62. The lowest BCUT2D eigenvalue weighted by Gasteiger charge is -2.24. The predicted molar refractivity (Wildman–Crippen MR) is 80.3 cm³/mol. The number of hydrogen-bond donors (Lipinski definition) is 1. The number of fused-ring (bicyclic) bond motifs is 1. The molecule has 21 heavy (non-hydrogen) atoms. The third kappa shape index (κ3) is 2.65. The first-order valence-corrected chi connectivity index (χ1v) is 6.88. The van der Waals surface area contributed by atoms with Crippen molar-refractivity contribution in [2.24, 2.45) is 5.92 Å². The van der Waals surface area contributed by atoms with Gasteiger partial charge in [0, 0.05) is 11.9 Å². The van der Waals surface area contributed by atoms with Gasteiger partial charge in [0.1, 0.15) is 0 Å². The van der Waals surface area contributed by atoms with Crippen LogP contribution in [0.3, 0.4) is 0 Å². The Kier molecular flexibility index (Phi) is 3.44. The number of nitrogens with zero attached hydrogens (tertiary/aromatic N) is 3. The van der Waals surface area contributed by atoms with Crippen molar-refractivity contribution in [3.63, 3.8) is 0 Å². The first-order valence-electron chi connectivity index (χ1n) is 6.88. The summed E-state index contributed by atoms with van der Waals surface area (Å²) in [7, 11) is 0. The van der Waals surface area contributed by atoms with Crippen LogP contribution in [0.2, 0.25) is 0 Å². The van der Waals surface area contributed by atoms with Crippen LogP contribution in [0.1, 0.15) is 23.3 Å². The standard InChI is InChI=1S/C16H15N3O2/c1-2-9-19(10-11-7-8-11)15-12-5-3-4-6-13(12)17-18-14(15)16(20)21/h1,3-6,11H,7-10H2,(H,20,21). The molecule has 0 bridgehead atoms. The van der Waals surface area contributed by atoms with Gasteiger partial charge in [0.2, 0.25) is 0 Å². The second-order valence-electron chi connectivity index (χ2n) is 5.25. The molecule has 0 unspecified atom stereocenters. The van der Waals surface area contributed by atoms with Gasteiger partial charge in [0.25, 0.3) is 0 Å². The van der Waals surface area contributed by atoms with Gasteiger partial charge in [0.15, 0.2) is 5.69 Å². The number of terminal acetylenes is 1. The fourth-order valence-electron chi connectivity index (χ4n) is 2.46. The van der Waals surface area contributed by atoms with Crippen molar-refractivity contribution >= 4 is 22.6 Å². The van der Waals surface area contributed by atoms with Crippen LogP contribution >= 0.6 is 0 Å². The van der Waals surface area contributed by atoms with Gasteiger partial charge >= 0.3 is 5.97 Å². The van der Waals surface area contributed by atoms with E-state index in [9.17, 15) is 9.90 Å². The van der Waals surface area contributed by atoms with Crippen LogP contribution in [0, 0.1) is 18.3 Å². The van der Waals surface area contributed by atoms with Gasteiger partial charge in [-0.2, -0.15) is 0 Å². The first kappa shape index (κ1) is 13.4. The van der Waals surface area contributed by atoms with E-state index in [1.165, 1.54) is 12.8 Å². The normalized spacial score (nSPS) is 13.9. The Morgan fingerprint density at radius 1 is 1.38 bits per heavy atom. The average molecular weight is 281 g/mol. The maximum Gasteiger partial charge on any atom is 0.358 e. The summed E-state index contributed by atoms with van der Waals surface area (Å²) in [5, 5.41) is 18.1. The Morgan fingerprint density at radius 3 is 2.81 bits per heavy atom. The molecule has 0 atom stereocenters. The molecule has 0 spiro atoms. The number of carbonyl (C=O) groups is 1. The Labute approximate surface area is 122 Å². The van der Waals surface area contributed by atoms with Gasteiger partial charge in [-0.15, -0.1) is 16.6 Å². The zero-order chi connectivity index (χ0) is 14.8. The summed E-state index contributed by atoms with van der Waals surface area (Å²) in [6.07, 6.45) is 7.79. The second-order valence-corrected chi connectivity index (χ2v) is 5.25. The number of anilines is 1. The molecule has 0 aliphatic heterocycles. The number of rotatable bonds is 5. The van der Waals surface area contributed by atoms with Crippen LogP contribution in [0.4, 0.5) is 5.69 Å². The number of carboxylic acids is 1. The SMILES string of the molecule is C#CCN(CC1CC1)c1c(C(=O)O)nnc2ccccc12. The summed E-state index contributed by atoms with van der Waals surface area (Å²) in [5.41, 5.74) is 1.22. The highest BCUT2D eigenvalue weighted by Gasteiger charge is 2.28. The van der Waals surface area contributed by atoms with E-state index in [4.69, 9.17) is 6.42 Å². The first-order chi connectivity index (χ1) is 10.2. The van der Waals surface area contributed by atoms with E-state index in [1.807, 2.05) is 29.2 Å². The molecule has 5 heteroatoms. The summed E-state index contributed by atoms with van der Waals surface area (Å²) < 4.78 is 0. The molecule has 1 aromatic carbocycles. The van der Waals surface area contributed by atoms with Crippen molar-refractivity contribution in [3.8, 4) is 12.3 Å². The van der Waals surface area contributed by atoms with Crippen LogP contribution in [0.25, 0.3) is 10.9 Å². The molecule has 1 saturated carbocycles. The zero-order valence-electron chi connectivity index (χ0n) is 11.5. The van der Waals surface area contributed by atoms with E-state index in [-0.39, 0.29) is 5.69 Å². The lowest BCUT2D eigenvalue weighted by atomic mass is 10.1. The average Bonchev–Trinajstić information content (AvgIpc) is 3.29. The van der Waals surface area contributed by atoms with Crippen molar-refractivity contribution in [2.45, 2.75) is 12.8 Å². The summed E-state index contributed by atoms with van der Waals surface area (Å²) >= 11 is 0. The minimum absolute atomic E-state index is 0.0374. The number of benzene rings is 1. The Morgan fingerprint density at radius 2 is 2.14 bits per heavy atom. The van der Waals surface area contributed by atoms with Gasteiger partial charge in [0.05, 0.1) is 17.7 Å². The quantitative estimate of drug-likeness (QED) is 0.851. The van der Waals surface area contributed by atoms with Crippen LogP contribution in [0.15, 0.2) is 24.3 Å². The molecule has 0 amide bonds. The smallest absolute Gasteiger partial charge is 0.358 e. The van der Waals surface area contributed by atoms with E-state index in [0.29, 0.717) is 23.7 Å². The van der Waals surface area contributed by atoms with Crippen molar-refractivity contribution < 1.29 is 9.90 Å². The van der Waals surface area contributed by atoms with Gasteiger partial charge in [-0.05, 0) is 24.8 Å². The van der Waals surface area contributed by atoms with Gasteiger partial charge in [-0.1, -0.05) is 24.1 Å². The minimum atomic E-state index is -1.08. The van der Waals surface area contributed by atoms with Crippen molar-refractivity contribution in [2.75, 3.05) is 18.0 Å². The van der Waals surface area contributed by atoms with Crippen molar-refractivity contribution in [3.05, 3.63) is 30.0 Å². The molecule has 1 fully saturated rings. The largest absolute Gasteiger partial charge is 0.476 e. The van der Waals surface area contributed by atoms with E-state index < -0.39 is 5.97 Å². The Balaban J connectivity index is 2.17. The molecular weight excluding hydrogens is 266 g/mol. The highest BCUT2D eigenvalue weighted by atomic mass is 16.4.